The van der Waals surface area contributed by atoms with E-state index in [9.17, 15) is 0 Å². The summed E-state index contributed by atoms with van der Waals surface area (Å²) < 4.78 is 7.51. The first-order valence-electron chi connectivity index (χ1n) is 11.9. The largest absolute Gasteiger partial charge is 0.403 e. The van der Waals surface area contributed by atoms with Crippen LogP contribution in [0.15, 0.2) is 24.3 Å². The van der Waals surface area contributed by atoms with Gasteiger partial charge in [0.25, 0.3) is 8.32 Å². The lowest BCUT2D eigenvalue weighted by Crippen LogP contribution is -2.63. The molecule has 2 nitrogen and oxygen atoms in total. The maximum absolute atomic E-state index is 7.51. The van der Waals surface area contributed by atoms with Crippen LogP contribution in [0.25, 0.3) is 0 Å². The van der Waals surface area contributed by atoms with E-state index in [-0.39, 0.29) is 0 Å². The van der Waals surface area contributed by atoms with Crippen LogP contribution >= 0.6 is 0 Å². The molecule has 0 unspecified atom stereocenters. The summed E-state index contributed by atoms with van der Waals surface area (Å²) in [6, 6.07) is 11.5. The fourth-order valence-corrected chi connectivity index (χ4v) is 13.2. The zero-order valence-corrected chi connectivity index (χ0v) is 20.6. The zero-order valence-electron chi connectivity index (χ0n) is 19.6. The van der Waals surface area contributed by atoms with Crippen molar-refractivity contribution in [2.75, 3.05) is 13.1 Å². The number of fused-ring (bicyclic) bond motifs is 3. The lowest BCUT2D eigenvalue weighted by molar-refractivity contribution is 0.109. The molecule has 2 aromatic carbocycles. The van der Waals surface area contributed by atoms with E-state index in [0.717, 1.165) is 0 Å². The molecule has 3 saturated heterocycles. The highest BCUT2D eigenvalue weighted by Crippen LogP contribution is 2.45. The molecular formula is C27H37NOSi. The minimum Gasteiger partial charge on any atom is -0.403 e. The predicted octanol–water partition coefficient (Wildman–Crippen LogP) is 4.48. The standard InChI is InChI=1S/C27H37NOSi/c1-17-11-19(3)26(20(4)12-17)30(27-21(5)13-18(2)14-22(27)6)16-23-15-28-10-8-7-9-24(28)25(23)29-30/h11-14,23-25H,7-10,15-16H2,1-6H3/t23-,24+,25+/m0/s1. The molecule has 30 heavy (non-hydrogen) atoms. The van der Waals surface area contributed by atoms with Crippen LogP contribution in [-0.4, -0.2) is 38.5 Å². The molecule has 0 aromatic heterocycles. The fourth-order valence-electron chi connectivity index (χ4n) is 7.42. The monoisotopic (exact) mass is 419 g/mol. The molecule has 160 valence electrons. The molecule has 3 aliphatic rings. The van der Waals surface area contributed by atoms with Gasteiger partial charge in [-0.3, -0.25) is 4.90 Å². The van der Waals surface area contributed by atoms with Crippen molar-refractivity contribution < 1.29 is 4.43 Å². The minimum absolute atomic E-state index is 0.428. The zero-order chi connectivity index (χ0) is 21.2. The number of rotatable bonds is 2. The van der Waals surface area contributed by atoms with Crippen molar-refractivity contribution in [2.24, 2.45) is 5.92 Å². The molecule has 0 aliphatic carbocycles. The smallest absolute Gasteiger partial charge is 0.257 e. The molecule has 5 rings (SSSR count). The van der Waals surface area contributed by atoms with Crippen molar-refractivity contribution in [3.05, 3.63) is 57.6 Å². The number of aryl methyl sites for hydroxylation is 6. The molecular weight excluding hydrogens is 382 g/mol. The lowest BCUT2D eigenvalue weighted by Gasteiger charge is -2.38. The number of hydrogen-bond acceptors (Lipinski definition) is 2. The summed E-state index contributed by atoms with van der Waals surface area (Å²) in [7, 11) is -2.31. The Bertz CT molecular complexity index is 893. The van der Waals surface area contributed by atoms with Crippen molar-refractivity contribution in [2.45, 2.75) is 79.0 Å². The van der Waals surface area contributed by atoms with E-state index in [1.165, 1.54) is 71.8 Å². The van der Waals surface area contributed by atoms with E-state index in [4.69, 9.17) is 4.43 Å². The summed E-state index contributed by atoms with van der Waals surface area (Å²) in [5.74, 6) is 0.694. The van der Waals surface area contributed by atoms with E-state index in [1.807, 2.05) is 0 Å². The number of piperidine rings is 1. The molecule has 3 aliphatic heterocycles. The summed E-state index contributed by atoms with van der Waals surface area (Å²) in [4.78, 5) is 2.75. The molecule has 2 aromatic rings. The molecule has 0 radical (unpaired) electrons. The van der Waals surface area contributed by atoms with Crippen LogP contribution in [0.2, 0.25) is 6.04 Å². The van der Waals surface area contributed by atoms with E-state index in [1.54, 1.807) is 10.4 Å². The minimum atomic E-state index is -2.31. The Morgan fingerprint density at radius 2 is 1.33 bits per heavy atom. The summed E-state index contributed by atoms with van der Waals surface area (Å²) >= 11 is 0. The topological polar surface area (TPSA) is 12.5 Å². The highest BCUT2D eigenvalue weighted by atomic mass is 28.4. The second-order valence-electron chi connectivity index (χ2n) is 10.5. The summed E-state index contributed by atoms with van der Waals surface area (Å²) in [5, 5.41) is 3.14. The van der Waals surface area contributed by atoms with E-state index in [2.05, 4.69) is 70.7 Å². The predicted molar refractivity (Wildman–Crippen MR) is 129 cm³/mol. The van der Waals surface area contributed by atoms with E-state index < -0.39 is 8.32 Å². The second kappa shape index (κ2) is 7.32. The highest BCUT2D eigenvalue weighted by molar-refractivity contribution is 6.99. The molecule has 3 heterocycles. The molecule has 3 atom stereocenters. The maximum Gasteiger partial charge on any atom is 0.257 e. The Balaban J connectivity index is 1.70. The van der Waals surface area contributed by atoms with Gasteiger partial charge in [-0.15, -0.1) is 0 Å². The van der Waals surface area contributed by atoms with Crippen molar-refractivity contribution in [3.8, 4) is 0 Å². The van der Waals surface area contributed by atoms with Crippen molar-refractivity contribution in [1.82, 2.24) is 4.90 Å². The highest BCUT2D eigenvalue weighted by Gasteiger charge is 2.59. The summed E-state index contributed by atoms with van der Waals surface area (Å²) in [6.07, 6.45) is 4.49. The van der Waals surface area contributed by atoms with Gasteiger partial charge in [0.05, 0.1) is 6.10 Å². The van der Waals surface area contributed by atoms with Crippen molar-refractivity contribution in [3.63, 3.8) is 0 Å². The third-order valence-corrected chi connectivity index (χ3v) is 13.0. The van der Waals surface area contributed by atoms with Crippen LogP contribution in [0.3, 0.4) is 0 Å². The average Bonchev–Trinajstić information content (AvgIpc) is 3.15. The molecule has 0 bridgehead atoms. The van der Waals surface area contributed by atoms with Gasteiger partial charge in [0.15, 0.2) is 0 Å². The number of benzene rings is 2. The van der Waals surface area contributed by atoms with Gasteiger partial charge in [-0.2, -0.15) is 0 Å². The van der Waals surface area contributed by atoms with Gasteiger partial charge >= 0.3 is 0 Å². The van der Waals surface area contributed by atoms with Gasteiger partial charge in [-0.25, -0.2) is 0 Å². The van der Waals surface area contributed by atoms with Gasteiger partial charge in [0.2, 0.25) is 0 Å². The lowest BCUT2D eigenvalue weighted by atomic mass is 9.97. The van der Waals surface area contributed by atoms with Crippen LogP contribution in [0.4, 0.5) is 0 Å². The first kappa shape index (κ1) is 20.5. The van der Waals surface area contributed by atoms with Gasteiger partial charge < -0.3 is 4.43 Å². The van der Waals surface area contributed by atoms with Gasteiger partial charge in [-0.1, -0.05) is 41.8 Å². The van der Waals surface area contributed by atoms with Crippen LogP contribution in [-0.2, 0) is 4.43 Å². The quantitative estimate of drug-likeness (QED) is 0.666. The van der Waals surface area contributed by atoms with Gasteiger partial charge in [0.1, 0.15) is 0 Å². The third-order valence-electron chi connectivity index (χ3n) is 8.03. The second-order valence-corrected chi connectivity index (χ2v) is 13.8. The molecule has 3 fully saturated rings. The third kappa shape index (κ3) is 3.04. The Kier molecular flexibility index (Phi) is 5.00. The van der Waals surface area contributed by atoms with Gasteiger partial charge in [-0.05, 0) is 106 Å². The normalized spacial score (nSPS) is 27.9. The van der Waals surface area contributed by atoms with Crippen LogP contribution in [0.1, 0.15) is 52.6 Å². The summed E-state index contributed by atoms with van der Waals surface area (Å²) in [5.41, 5.74) is 8.51. The Morgan fingerprint density at radius 3 is 1.87 bits per heavy atom. The molecule has 0 amide bonds. The first-order chi connectivity index (χ1) is 14.3. The Morgan fingerprint density at radius 1 is 0.800 bits per heavy atom. The maximum atomic E-state index is 7.51. The SMILES string of the molecule is Cc1cc(C)c([Si]2(c3c(C)cc(C)cc3C)C[C@@H]3CN4CCCC[C@@H]4[C@@H]3O2)c(C)c1. The van der Waals surface area contributed by atoms with Crippen LogP contribution < -0.4 is 10.4 Å². The fraction of sp³-hybridized carbons (Fsp3) is 0.556. The Hall–Kier alpha value is -1.42. The van der Waals surface area contributed by atoms with Crippen LogP contribution in [0, 0.1) is 47.5 Å². The molecule has 0 saturated carbocycles. The summed E-state index contributed by atoms with van der Waals surface area (Å²) in [6.45, 7) is 16.3. The van der Waals surface area contributed by atoms with Crippen molar-refractivity contribution in [1.29, 1.82) is 0 Å². The number of nitrogens with zero attached hydrogens (tertiary/aromatic N) is 1. The Labute approximate surface area is 183 Å². The van der Waals surface area contributed by atoms with E-state index >= 15 is 0 Å². The number of hydrogen-bond donors (Lipinski definition) is 0. The molecule has 3 heteroatoms. The molecule has 0 N–H and O–H groups in total. The average molecular weight is 420 g/mol. The molecule has 0 spiro atoms. The first-order valence-corrected chi connectivity index (χ1v) is 14.0. The van der Waals surface area contributed by atoms with Gasteiger partial charge in [0, 0.05) is 12.6 Å². The van der Waals surface area contributed by atoms with E-state index in [0.29, 0.717) is 18.1 Å². The van der Waals surface area contributed by atoms with Crippen molar-refractivity contribution >= 4 is 18.7 Å². The van der Waals surface area contributed by atoms with Crippen LogP contribution in [0.5, 0.6) is 0 Å².